The van der Waals surface area contributed by atoms with E-state index in [-0.39, 0.29) is 0 Å². The highest BCUT2D eigenvalue weighted by Crippen LogP contribution is 2.32. The molecule has 348 valence electrons. The Bertz CT molecular complexity index is 1650. The van der Waals surface area contributed by atoms with Crippen LogP contribution in [0.3, 0.4) is 0 Å². The van der Waals surface area contributed by atoms with Crippen LogP contribution in [0.5, 0.6) is 0 Å². The van der Waals surface area contributed by atoms with Gasteiger partial charge in [-0.15, -0.1) is 0 Å². The highest BCUT2D eigenvalue weighted by molar-refractivity contribution is 5.66. The molecule has 63 heavy (non-hydrogen) atoms. The molecule has 0 fully saturated rings. The average Bonchev–Trinajstić information content (AvgIpc) is 3.28. The minimum absolute atomic E-state index is 0.597. The van der Waals surface area contributed by atoms with Crippen molar-refractivity contribution in [3.63, 3.8) is 0 Å². The molecule has 2 N–H and O–H groups in total. The third-order valence-corrected chi connectivity index (χ3v) is 13.1. The molecule has 5 heteroatoms. The van der Waals surface area contributed by atoms with Gasteiger partial charge in [0, 0.05) is 16.9 Å². The second kappa shape index (κ2) is 31.2. The van der Waals surface area contributed by atoms with Crippen LogP contribution >= 0.6 is 0 Å². The van der Waals surface area contributed by atoms with E-state index in [1.807, 2.05) is 0 Å². The maximum atomic E-state index is 5.17. The van der Waals surface area contributed by atoms with Gasteiger partial charge in [-0.2, -0.15) is 15.0 Å². The Kier molecular flexibility index (Phi) is 25.7. The Labute approximate surface area is 387 Å². The fourth-order valence-electron chi connectivity index (χ4n) is 9.28. The van der Waals surface area contributed by atoms with Crippen molar-refractivity contribution in [3.05, 3.63) is 87.5 Å². The van der Waals surface area contributed by atoms with E-state index in [1.165, 1.54) is 195 Å². The van der Waals surface area contributed by atoms with Crippen molar-refractivity contribution in [1.82, 2.24) is 15.0 Å². The van der Waals surface area contributed by atoms with E-state index >= 15 is 0 Å². The molecule has 0 unspecified atom stereocenters. The van der Waals surface area contributed by atoms with Crippen molar-refractivity contribution >= 4 is 23.3 Å². The summed E-state index contributed by atoms with van der Waals surface area (Å²) in [7, 11) is 0. The molecule has 0 amide bonds. The third-order valence-electron chi connectivity index (χ3n) is 13.1. The second-order valence-electron chi connectivity index (χ2n) is 18.8. The van der Waals surface area contributed by atoms with Crippen LogP contribution in [0.1, 0.15) is 235 Å². The third kappa shape index (κ3) is 19.1. The molecule has 4 rings (SSSR count). The van der Waals surface area contributed by atoms with E-state index in [0.29, 0.717) is 17.7 Å². The molecule has 3 aromatic carbocycles. The monoisotopic (exact) mass is 858 g/mol. The van der Waals surface area contributed by atoms with Gasteiger partial charge in [-0.1, -0.05) is 187 Å². The standard InChI is InChI=1S/C58H91N5/c1-8-14-20-26-32-48-42-52(43-49(33-27-21-15-9-2)54(48)36-30-24-18-12-5)59-57-61-56(47-40-38-46(7)39-41-47)62-58(63-57)60-53-44-50(34-28-22-16-10-3)55(37-31-25-19-13-6)51(45-53)35-29-23-17-11-4/h38-45H,8-37H2,1-7H3,(H2,59,60,61,62,63). The summed E-state index contributed by atoms with van der Waals surface area (Å²) in [6, 6.07) is 18.4. The first kappa shape index (κ1) is 51.9. The summed E-state index contributed by atoms with van der Waals surface area (Å²) in [5.41, 5.74) is 13.8. The van der Waals surface area contributed by atoms with Gasteiger partial charge in [-0.05, 0) is 142 Å². The summed E-state index contributed by atoms with van der Waals surface area (Å²) in [6.45, 7) is 16.0. The Morgan fingerprint density at radius 1 is 0.349 bits per heavy atom. The van der Waals surface area contributed by atoms with Crippen LogP contribution in [0.25, 0.3) is 11.4 Å². The zero-order valence-electron chi connectivity index (χ0n) is 41.7. The van der Waals surface area contributed by atoms with Crippen LogP contribution in [0.2, 0.25) is 0 Å². The summed E-state index contributed by atoms with van der Waals surface area (Å²) in [4.78, 5) is 15.4. The van der Waals surface area contributed by atoms with Crippen LogP contribution in [0.4, 0.5) is 23.3 Å². The summed E-state index contributed by atoms with van der Waals surface area (Å²) >= 11 is 0. The van der Waals surface area contributed by atoms with Crippen LogP contribution in [-0.2, 0) is 38.5 Å². The van der Waals surface area contributed by atoms with Crippen molar-refractivity contribution in [3.8, 4) is 11.4 Å². The molecule has 0 bridgehead atoms. The fraction of sp³-hybridized carbons (Fsp3) is 0.638. The predicted octanol–water partition coefficient (Wildman–Crippen LogP) is 18.1. The largest absolute Gasteiger partial charge is 0.324 e. The first-order valence-corrected chi connectivity index (χ1v) is 26.6. The van der Waals surface area contributed by atoms with Crippen LogP contribution in [0, 0.1) is 6.92 Å². The van der Waals surface area contributed by atoms with Crippen LogP contribution in [0.15, 0.2) is 48.5 Å². The van der Waals surface area contributed by atoms with Gasteiger partial charge in [0.1, 0.15) is 0 Å². The molecule has 1 aromatic heterocycles. The second-order valence-corrected chi connectivity index (χ2v) is 18.8. The fourth-order valence-corrected chi connectivity index (χ4v) is 9.28. The quantitative estimate of drug-likeness (QED) is 0.0451. The van der Waals surface area contributed by atoms with Gasteiger partial charge in [0.15, 0.2) is 5.82 Å². The minimum Gasteiger partial charge on any atom is -0.324 e. The van der Waals surface area contributed by atoms with Crippen molar-refractivity contribution in [2.24, 2.45) is 0 Å². The number of hydrogen-bond acceptors (Lipinski definition) is 5. The maximum Gasteiger partial charge on any atom is 0.232 e. The topological polar surface area (TPSA) is 62.7 Å². The lowest BCUT2D eigenvalue weighted by Crippen LogP contribution is -2.09. The number of aryl methyl sites for hydroxylation is 5. The number of aromatic nitrogens is 3. The Balaban J connectivity index is 1.79. The predicted molar refractivity (Wildman–Crippen MR) is 277 cm³/mol. The van der Waals surface area contributed by atoms with E-state index in [0.717, 1.165) is 42.6 Å². The van der Waals surface area contributed by atoms with Gasteiger partial charge in [0.25, 0.3) is 0 Å². The first-order chi connectivity index (χ1) is 30.9. The molecule has 0 atom stereocenters. The maximum absolute atomic E-state index is 5.17. The smallest absolute Gasteiger partial charge is 0.232 e. The SMILES string of the molecule is CCCCCCc1cc(Nc2nc(Nc3cc(CCCCCC)c(CCCCCC)c(CCCCCC)c3)nc(-c3ccc(C)cc3)n2)cc(CCCCCC)c1CCCCCC. The Morgan fingerprint density at radius 3 is 0.952 bits per heavy atom. The Hall–Kier alpha value is -3.73. The van der Waals surface area contributed by atoms with E-state index in [1.54, 1.807) is 11.1 Å². The molecular formula is C58H91N5. The summed E-state index contributed by atoms with van der Waals surface area (Å²) in [5, 5.41) is 7.56. The lowest BCUT2D eigenvalue weighted by molar-refractivity contribution is 0.639. The zero-order valence-corrected chi connectivity index (χ0v) is 41.7. The number of nitrogens with zero attached hydrogens (tertiary/aromatic N) is 3. The van der Waals surface area contributed by atoms with Gasteiger partial charge >= 0.3 is 0 Å². The highest BCUT2D eigenvalue weighted by Gasteiger charge is 2.17. The normalized spacial score (nSPS) is 11.4. The highest BCUT2D eigenvalue weighted by atomic mass is 15.2. The molecule has 5 nitrogen and oxygen atoms in total. The van der Waals surface area contributed by atoms with Crippen LogP contribution in [-0.4, -0.2) is 15.0 Å². The molecular weight excluding hydrogens is 767 g/mol. The average molecular weight is 858 g/mol. The van der Waals surface area contributed by atoms with Crippen molar-refractivity contribution in [1.29, 1.82) is 0 Å². The zero-order chi connectivity index (χ0) is 44.9. The number of rotatable bonds is 35. The molecule has 0 saturated heterocycles. The number of anilines is 4. The summed E-state index contributed by atoms with van der Waals surface area (Å²) in [6.07, 6.45) is 37.6. The van der Waals surface area contributed by atoms with E-state index in [9.17, 15) is 0 Å². The van der Waals surface area contributed by atoms with Gasteiger partial charge in [0.05, 0.1) is 0 Å². The molecule has 1 heterocycles. The molecule has 0 radical (unpaired) electrons. The lowest BCUT2D eigenvalue weighted by Gasteiger charge is -2.20. The van der Waals surface area contributed by atoms with Gasteiger partial charge in [-0.25, -0.2) is 0 Å². The van der Waals surface area contributed by atoms with Crippen molar-refractivity contribution in [2.75, 3.05) is 10.6 Å². The minimum atomic E-state index is 0.597. The van der Waals surface area contributed by atoms with E-state index < -0.39 is 0 Å². The van der Waals surface area contributed by atoms with Crippen LogP contribution < -0.4 is 10.6 Å². The molecule has 4 aromatic rings. The lowest BCUT2D eigenvalue weighted by atomic mass is 9.89. The van der Waals surface area contributed by atoms with Crippen molar-refractivity contribution in [2.45, 2.75) is 241 Å². The molecule has 0 aliphatic carbocycles. The molecule has 0 spiro atoms. The summed E-state index contributed by atoms with van der Waals surface area (Å²) in [5.74, 6) is 1.88. The number of benzene rings is 3. The van der Waals surface area contributed by atoms with E-state index in [2.05, 4.69) is 108 Å². The number of hydrogen-bond donors (Lipinski definition) is 2. The number of unbranched alkanes of at least 4 members (excludes halogenated alkanes) is 18. The number of nitrogens with one attached hydrogen (secondary N) is 2. The van der Waals surface area contributed by atoms with Crippen molar-refractivity contribution < 1.29 is 0 Å². The van der Waals surface area contributed by atoms with Gasteiger partial charge in [0.2, 0.25) is 11.9 Å². The molecule has 0 saturated carbocycles. The first-order valence-electron chi connectivity index (χ1n) is 26.6. The van der Waals surface area contributed by atoms with Gasteiger partial charge in [-0.3, -0.25) is 0 Å². The van der Waals surface area contributed by atoms with E-state index in [4.69, 9.17) is 15.0 Å². The van der Waals surface area contributed by atoms with Gasteiger partial charge < -0.3 is 10.6 Å². The molecule has 0 aliphatic rings. The summed E-state index contributed by atoms with van der Waals surface area (Å²) < 4.78 is 0. The molecule has 0 aliphatic heterocycles. The Morgan fingerprint density at radius 2 is 0.651 bits per heavy atom.